The number of benzene rings is 2. The monoisotopic (exact) mass is 406 g/mol. The molecule has 0 bridgehead atoms. The molecule has 2 heterocycles. The molecular weight excluding hydrogens is 384 g/mol. The van der Waals surface area contributed by atoms with Crippen LogP contribution in [-0.2, 0) is 22.7 Å². The van der Waals surface area contributed by atoms with Crippen molar-refractivity contribution in [3.05, 3.63) is 80.9 Å². The highest BCUT2D eigenvalue weighted by molar-refractivity contribution is 5.96. The molecule has 0 fully saturated rings. The van der Waals surface area contributed by atoms with Gasteiger partial charge in [0.25, 0.3) is 0 Å². The molecule has 4 aromatic rings. The molecule has 0 saturated heterocycles. The molecule has 2 aromatic heterocycles. The van der Waals surface area contributed by atoms with Crippen LogP contribution in [-0.4, -0.2) is 12.6 Å². The van der Waals surface area contributed by atoms with E-state index in [0.717, 1.165) is 21.9 Å². The quantitative estimate of drug-likeness (QED) is 0.329. The third-order valence-corrected chi connectivity index (χ3v) is 5.14. The summed E-state index contributed by atoms with van der Waals surface area (Å²) in [6, 6.07) is 12.5. The number of carbonyl (C=O) groups is 1. The lowest BCUT2D eigenvalue weighted by molar-refractivity contribution is 0.0431. The van der Waals surface area contributed by atoms with Crippen LogP contribution in [0.4, 0.5) is 0 Å². The third-order valence-electron chi connectivity index (χ3n) is 5.14. The minimum Gasteiger partial charge on any atom is -0.455 e. The van der Waals surface area contributed by atoms with Gasteiger partial charge < -0.3 is 18.3 Å². The molecule has 4 rings (SSSR count). The van der Waals surface area contributed by atoms with Gasteiger partial charge in [0.2, 0.25) is 5.76 Å². The van der Waals surface area contributed by atoms with Crippen LogP contribution in [0.5, 0.6) is 0 Å². The summed E-state index contributed by atoms with van der Waals surface area (Å²) in [5.41, 5.74) is 3.88. The Morgan fingerprint density at radius 1 is 0.933 bits per heavy atom. The van der Waals surface area contributed by atoms with Gasteiger partial charge in [0.1, 0.15) is 17.8 Å². The Morgan fingerprint density at radius 2 is 1.70 bits per heavy atom. The Morgan fingerprint density at radius 3 is 2.50 bits per heavy atom. The van der Waals surface area contributed by atoms with Crippen molar-refractivity contribution in [1.82, 2.24) is 0 Å². The summed E-state index contributed by atoms with van der Waals surface area (Å²) < 4.78 is 22.1. The first-order chi connectivity index (χ1) is 14.5. The van der Waals surface area contributed by atoms with Crippen molar-refractivity contribution in [3.8, 4) is 0 Å². The molecular formula is C24H22O6. The molecule has 2 aromatic carbocycles. The highest BCUT2D eigenvalue weighted by Gasteiger charge is 2.22. The number of rotatable bonds is 6. The van der Waals surface area contributed by atoms with E-state index in [2.05, 4.69) is 0 Å². The minimum absolute atomic E-state index is 0.0748. The van der Waals surface area contributed by atoms with Gasteiger partial charge in [-0.1, -0.05) is 18.2 Å². The average Bonchev–Trinajstić information content (AvgIpc) is 3.10. The lowest BCUT2D eigenvalue weighted by Crippen LogP contribution is -2.09. The second-order valence-corrected chi connectivity index (χ2v) is 7.14. The van der Waals surface area contributed by atoms with Gasteiger partial charge in [-0.3, -0.25) is 0 Å². The summed E-state index contributed by atoms with van der Waals surface area (Å²) >= 11 is 0. The second-order valence-electron chi connectivity index (χ2n) is 7.14. The van der Waals surface area contributed by atoms with Crippen LogP contribution in [0.2, 0.25) is 0 Å². The van der Waals surface area contributed by atoms with Crippen LogP contribution < -0.4 is 5.63 Å². The highest BCUT2D eigenvalue weighted by atomic mass is 16.5. The maximum Gasteiger partial charge on any atom is 0.374 e. The fraction of sp³-hybridized carbons (Fsp3) is 0.250. The number of carbonyl (C=O) groups excluding carboxylic acids is 1. The molecule has 0 aliphatic heterocycles. The van der Waals surface area contributed by atoms with Crippen molar-refractivity contribution >= 4 is 27.9 Å². The number of para-hydroxylation sites is 1. The van der Waals surface area contributed by atoms with Gasteiger partial charge >= 0.3 is 11.6 Å². The van der Waals surface area contributed by atoms with Gasteiger partial charge in [0.05, 0.1) is 6.61 Å². The first-order valence-electron chi connectivity index (χ1n) is 9.77. The van der Waals surface area contributed by atoms with E-state index in [4.69, 9.17) is 18.3 Å². The molecule has 30 heavy (non-hydrogen) atoms. The summed E-state index contributed by atoms with van der Waals surface area (Å²) in [5, 5.41) is 1.56. The Balaban J connectivity index is 1.66. The van der Waals surface area contributed by atoms with E-state index < -0.39 is 11.6 Å². The van der Waals surface area contributed by atoms with Crippen molar-refractivity contribution in [2.24, 2.45) is 0 Å². The average molecular weight is 406 g/mol. The van der Waals surface area contributed by atoms with Gasteiger partial charge in [0, 0.05) is 34.6 Å². The molecule has 0 aliphatic carbocycles. The predicted molar refractivity (Wildman–Crippen MR) is 113 cm³/mol. The first kappa shape index (κ1) is 19.9. The van der Waals surface area contributed by atoms with Crippen LogP contribution in [0.3, 0.4) is 0 Å². The highest BCUT2D eigenvalue weighted by Crippen LogP contribution is 2.28. The van der Waals surface area contributed by atoms with E-state index in [1.807, 2.05) is 51.1 Å². The van der Waals surface area contributed by atoms with E-state index in [1.165, 1.54) is 6.07 Å². The minimum atomic E-state index is -0.605. The fourth-order valence-electron chi connectivity index (χ4n) is 3.42. The van der Waals surface area contributed by atoms with Crippen molar-refractivity contribution < 1.29 is 23.1 Å². The molecule has 154 valence electrons. The lowest BCUT2D eigenvalue weighted by atomic mass is 10.0. The van der Waals surface area contributed by atoms with Crippen LogP contribution in [0, 0.1) is 13.8 Å². The van der Waals surface area contributed by atoms with Crippen LogP contribution >= 0.6 is 0 Å². The van der Waals surface area contributed by atoms with Crippen molar-refractivity contribution in [2.75, 3.05) is 6.61 Å². The summed E-state index contributed by atoms with van der Waals surface area (Å²) in [7, 11) is 0. The van der Waals surface area contributed by atoms with Crippen LogP contribution in [0.15, 0.2) is 56.1 Å². The van der Waals surface area contributed by atoms with E-state index in [9.17, 15) is 9.59 Å². The molecule has 6 heteroatoms. The van der Waals surface area contributed by atoms with Gasteiger partial charge in [0.15, 0.2) is 0 Å². The third kappa shape index (κ3) is 3.74. The molecule has 0 saturated carbocycles. The zero-order valence-corrected chi connectivity index (χ0v) is 17.1. The van der Waals surface area contributed by atoms with Gasteiger partial charge in [-0.2, -0.15) is 0 Å². The predicted octanol–water partition coefficient (Wildman–Crippen LogP) is 5.05. The molecule has 0 unspecified atom stereocenters. The Bertz CT molecular complexity index is 1290. The Hall–Kier alpha value is -3.38. The number of hydrogen-bond acceptors (Lipinski definition) is 6. The molecule has 0 amide bonds. The number of furan rings is 1. The van der Waals surface area contributed by atoms with Crippen molar-refractivity contribution in [3.63, 3.8) is 0 Å². The largest absolute Gasteiger partial charge is 0.455 e. The molecule has 0 atom stereocenters. The number of esters is 1. The normalized spacial score (nSPS) is 11.3. The van der Waals surface area contributed by atoms with E-state index >= 15 is 0 Å². The lowest BCUT2D eigenvalue weighted by Gasteiger charge is -2.09. The van der Waals surface area contributed by atoms with Crippen LogP contribution in [0.1, 0.15) is 39.7 Å². The topological polar surface area (TPSA) is 78.9 Å². The summed E-state index contributed by atoms with van der Waals surface area (Å²) in [6.45, 7) is 6.49. The summed E-state index contributed by atoms with van der Waals surface area (Å²) in [5.74, 6) is -0.491. The molecule has 0 radical (unpaired) electrons. The maximum absolute atomic E-state index is 12.8. The van der Waals surface area contributed by atoms with E-state index in [1.54, 1.807) is 6.07 Å². The standard InChI is InChI=1S/C24H22O6/c1-4-27-13-19-17-7-5-6-8-20(17)30-23(19)24(26)28-12-16-11-22(25)29-21-10-15(3)14(2)9-18(16)21/h5-11H,4,12-13H2,1-3H3. The smallest absolute Gasteiger partial charge is 0.374 e. The zero-order chi connectivity index (χ0) is 21.3. The zero-order valence-electron chi connectivity index (χ0n) is 17.1. The van der Waals surface area contributed by atoms with Gasteiger partial charge in [-0.05, 0) is 50.1 Å². The summed E-state index contributed by atoms with van der Waals surface area (Å²) in [4.78, 5) is 24.8. The maximum atomic E-state index is 12.8. The van der Waals surface area contributed by atoms with Gasteiger partial charge in [-0.25, -0.2) is 9.59 Å². The number of fused-ring (bicyclic) bond motifs is 2. The van der Waals surface area contributed by atoms with Crippen molar-refractivity contribution in [2.45, 2.75) is 34.0 Å². The van der Waals surface area contributed by atoms with Crippen molar-refractivity contribution in [1.29, 1.82) is 0 Å². The molecule has 6 nitrogen and oxygen atoms in total. The fourth-order valence-corrected chi connectivity index (χ4v) is 3.42. The number of aryl methyl sites for hydroxylation is 2. The van der Waals surface area contributed by atoms with Crippen LogP contribution in [0.25, 0.3) is 21.9 Å². The SMILES string of the molecule is CCOCc1c(C(=O)OCc2cc(=O)oc3cc(C)c(C)cc23)oc2ccccc12. The molecule has 0 aliphatic rings. The first-order valence-corrected chi connectivity index (χ1v) is 9.77. The van der Waals surface area contributed by atoms with Gasteiger partial charge in [-0.15, -0.1) is 0 Å². The van der Waals surface area contributed by atoms with E-state index in [-0.39, 0.29) is 19.0 Å². The summed E-state index contributed by atoms with van der Waals surface area (Å²) in [6.07, 6.45) is 0. The Labute approximate surface area is 173 Å². The number of ether oxygens (including phenoxy) is 2. The molecule has 0 N–H and O–H groups in total. The molecule has 0 spiro atoms. The number of hydrogen-bond donors (Lipinski definition) is 0. The van der Waals surface area contributed by atoms with E-state index in [0.29, 0.717) is 28.9 Å². The Kier molecular flexibility index (Phi) is 5.42. The second kappa shape index (κ2) is 8.16.